The number of carbonyl (C=O) groups is 3. The van der Waals surface area contributed by atoms with E-state index in [1.165, 1.54) is 0 Å². The summed E-state index contributed by atoms with van der Waals surface area (Å²) in [5.74, 6) is -2.60. The molecule has 6 nitrogen and oxygen atoms in total. The summed E-state index contributed by atoms with van der Waals surface area (Å²) in [5, 5.41) is 5.17. The van der Waals surface area contributed by atoms with Gasteiger partial charge in [-0.15, -0.1) is 0 Å². The number of ketones is 1. The van der Waals surface area contributed by atoms with Gasteiger partial charge in [-0.25, -0.2) is 0 Å². The van der Waals surface area contributed by atoms with Crippen molar-refractivity contribution in [2.24, 2.45) is 0 Å². The van der Waals surface area contributed by atoms with Gasteiger partial charge in [0.1, 0.15) is 18.3 Å². The van der Waals surface area contributed by atoms with E-state index < -0.39 is 23.5 Å². The lowest BCUT2D eigenvalue weighted by atomic mass is 9.95. The van der Waals surface area contributed by atoms with Gasteiger partial charge < -0.3 is 15.4 Å². The lowest BCUT2D eigenvalue weighted by Gasteiger charge is -2.10. The molecule has 2 N–H and O–H groups in total. The third-order valence-electron chi connectivity index (χ3n) is 4.64. The lowest BCUT2D eigenvalue weighted by molar-refractivity contribution is -0.138. The van der Waals surface area contributed by atoms with E-state index in [9.17, 15) is 14.4 Å². The molecule has 0 unspecified atom stereocenters. The van der Waals surface area contributed by atoms with Gasteiger partial charge in [-0.1, -0.05) is 48.5 Å². The molecule has 0 bridgehead atoms. The lowest BCUT2D eigenvalue weighted by Crippen LogP contribution is -2.31. The van der Waals surface area contributed by atoms with Crippen LogP contribution in [0.25, 0.3) is 0 Å². The Balaban J connectivity index is 1.38. The van der Waals surface area contributed by atoms with E-state index in [4.69, 9.17) is 4.74 Å². The van der Waals surface area contributed by atoms with Gasteiger partial charge in [0.2, 0.25) is 11.7 Å². The van der Waals surface area contributed by atoms with Crippen molar-refractivity contribution in [3.8, 4) is 5.75 Å². The maximum absolute atomic E-state index is 12.6. The second kappa shape index (κ2) is 7.98. The third kappa shape index (κ3) is 4.01. The Bertz CT molecular complexity index is 1060. The number of Topliss-reactive ketones (excluding diaryl/α,β-unsaturated/α-hetero) is 1. The summed E-state index contributed by atoms with van der Waals surface area (Å²) >= 11 is 0. The van der Waals surface area contributed by atoms with Crippen LogP contribution in [0, 0.1) is 0 Å². The first-order chi connectivity index (χ1) is 14.1. The molecule has 0 fully saturated rings. The highest BCUT2D eigenvalue weighted by Gasteiger charge is 2.39. The summed E-state index contributed by atoms with van der Waals surface area (Å²) in [4.78, 5) is 37.1. The quantitative estimate of drug-likeness (QED) is 0.502. The van der Waals surface area contributed by atoms with Crippen LogP contribution in [0.4, 0.5) is 11.4 Å². The first kappa shape index (κ1) is 18.4. The monoisotopic (exact) mass is 386 g/mol. The number of amides is 2. The second-order valence-electron chi connectivity index (χ2n) is 6.63. The van der Waals surface area contributed by atoms with E-state index in [2.05, 4.69) is 10.6 Å². The summed E-state index contributed by atoms with van der Waals surface area (Å²) in [7, 11) is 0. The van der Waals surface area contributed by atoms with Crippen molar-refractivity contribution in [3.63, 3.8) is 0 Å². The van der Waals surface area contributed by atoms with Crippen LogP contribution < -0.4 is 15.4 Å². The normalized spacial score (nSPS) is 14.6. The smallest absolute Gasteiger partial charge is 0.292 e. The molecule has 1 heterocycles. The molecule has 0 spiro atoms. The molecule has 6 heteroatoms. The molecular weight excluding hydrogens is 368 g/mol. The minimum absolute atomic E-state index is 0.432. The Labute approximate surface area is 167 Å². The maximum Gasteiger partial charge on any atom is 0.292 e. The van der Waals surface area contributed by atoms with Crippen LogP contribution in [0.3, 0.4) is 0 Å². The summed E-state index contributed by atoms with van der Waals surface area (Å²) in [6.07, 6.45) is 0. The predicted molar refractivity (Wildman–Crippen MR) is 109 cm³/mol. The summed E-state index contributed by atoms with van der Waals surface area (Å²) in [6, 6.07) is 23.3. The highest BCUT2D eigenvalue weighted by atomic mass is 16.5. The Morgan fingerprint density at radius 1 is 0.897 bits per heavy atom. The minimum Gasteiger partial charge on any atom is -0.489 e. The molecule has 1 atom stereocenters. The third-order valence-corrected chi connectivity index (χ3v) is 4.64. The molecule has 0 radical (unpaired) electrons. The van der Waals surface area contributed by atoms with Crippen LogP contribution in [0.5, 0.6) is 5.75 Å². The van der Waals surface area contributed by atoms with Crippen molar-refractivity contribution in [1.29, 1.82) is 0 Å². The Morgan fingerprint density at radius 3 is 2.34 bits per heavy atom. The van der Waals surface area contributed by atoms with Crippen LogP contribution in [0.15, 0.2) is 78.9 Å². The van der Waals surface area contributed by atoms with Crippen molar-refractivity contribution in [2.75, 3.05) is 10.6 Å². The standard InChI is InChI=1S/C23H18N2O4/c26-21(20-18-8-4-5-9-19(18)25-22(20)27)23(28)24-16-10-12-17(13-11-16)29-14-15-6-2-1-3-7-15/h1-13,20H,14H2,(H,24,28)(H,25,27)/t20-/m1/s1. The molecule has 3 aromatic rings. The number of nitrogens with one attached hydrogen (secondary N) is 2. The number of carbonyl (C=O) groups excluding carboxylic acids is 3. The van der Waals surface area contributed by atoms with E-state index in [1.807, 2.05) is 30.3 Å². The van der Waals surface area contributed by atoms with Crippen molar-refractivity contribution in [3.05, 3.63) is 90.0 Å². The van der Waals surface area contributed by atoms with Gasteiger partial charge in [-0.05, 0) is 41.5 Å². The molecule has 1 aliphatic heterocycles. The minimum atomic E-state index is -1.13. The Kier molecular flexibility index (Phi) is 5.07. The van der Waals surface area contributed by atoms with Gasteiger partial charge in [0.05, 0.1) is 0 Å². The summed E-state index contributed by atoms with van der Waals surface area (Å²) < 4.78 is 5.70. The van der Waals surface area contributed by atoms with Crippen LogP contribution >= 0.6 is 0 Å². The predicted octanol–water partition coefficient (Wildman–Crippen LogP) is 3.51. The Morgan fingerprint density at radius 2 is 1.59 bits per heavy atom. The Hall–Kier alpha value is -3.93. The number of benzene rings is 3. The largest absolute Gasteiger partial charge is 0.489 e. The SMILES string of the molecule is O=C(Nc1ccc(OCc2ccccc2)cc1)C(=O)[C@@H]1C(=O)Nc2ccccc21. The van der Waals surface area contributed by atoms with Crippen LogP contribution in [0.2, 0.25) is 0 Å². The first-order valence-corrected chi connectivity index (χ1v) is 9.13. The van der Waals surface area contributed by atoms with Crippen LogP contribution in [-0.2, 0) is 21.0 Å². The highest BCUT2D eigenvalue weighted by molar-refractivity contribution is 6.47. The topological polar surface area (TPSA) is 84.5 Å². The van der Waals surface area contributed by atoms with Crippen molar-refractivity contribution in [2.45, 2.75) is 12.5 Å². The van der Waals surface area contributed by atoms with Crippen molar-refractivity contribution < 1.29 is 19.1 Å². The van der Waals surface area contributed by atoms with E-state index in [-0.39, 0.29) is 0 Å². The maximum atomic E-state index is 12.6. The molecule has 144 valence electrons. The first-order valence-electron chi connectivity index (χ1n) is 9.13. The van der Waals surface area contributed by atoms with E-state index in [0.717, 1.165) is 5.56 Å². The molecular formula is C23H18N2O4. The molecule has 4 rings (SSSR count). The second-order valence-corrected chi connectivity index (χ2v) is 6.63. The molecule has 1 aliphatic rings. The zero-order valence-corrected chi connectivity index (χ0v) is 15.4. The van der Waals surface area contributed by atoms with Gasteiger partial charge >= 0.3 is 0 Å². The molecule has 29 heavy (non-hydrogen) atoms. The fourth-order valence-electron chi connectivity index (χ4n) is 3.17. The van der Waals surface area contributed by atoms with Crippen LogP contribution in [-0.4, -0.2) is 17.6 Å². The van der Waals surface area contributed by atoms with Gasteiger partial charge in [0.15, 0.2) is 0 Å². The number of hydrogen-bond donors (Lipinski definition) is 2. The van der Waals surface area contributed by atoms with E-state index in [1.54, 1.807) is 48.5 Å². The van der Waals surface area contributed by atoms with Crippen molar-refractivity contribution in [1.82, 2.24) is 0 Å². The number of hydrogen-bond acceptors (Lipinski definition) is 4. The average Bonchev–Trinajstić information content (AvgIpc) is 3.09. The highest BCUT2D eigenvalue weighted by Crippen LogP contribution is 2.33. The van der Waals surface area contributed by atoms with Gasteiger partial charge in [-0.2, -0.15) is 0 Å². The van der Waals surface area contributed by atoms with Gasteiger partial charge in [0.25, 0.3) is 5.91 Å². The molecule has 3 aromatic carbocycles. The number of para-hydroxylation sites is 1. The molecule has 0 saturated carbocycles. The number of fused-ring (bicyclic) bond motifs is 1. The van der Waals surface area contributed by atoms with Gasteiger partial charge in [-0.3, -0.25) is 14.4 Å². The molecule has 0 aromatic heterocycles. The van der Waals surface area contributed by atoms with Crippen LogP contribution in [0.1, 0.15) is 17.0 Å². The fraction of sp³-hybridized carbons (Fsp3) is 0.0870. The zero-order chi connectivity index (χ0) is 20.2. The molecule has 0 aliphatic carbocycles. The number of ether oxygens (including phenoxy) is 1. The average molecular weight is 386 g/mol. The van der Waals surface area contributed by atoms with Crippen molar-refractivity contribution >= 4 is 29.0 Å². The number of rotatable bonds is 6. The van der Waals surface area contributed by atoms with E-state index in [0.29, 0.717) is 29.3 Å². The molecule has 2 amide bonds. The molecule has 0 saturated heterocycles. The zero-order valence-electron chi connectivity index (χ0n) is 15.4. The number of anilines is 2. The fourth-order valence-corrected chi connectivity index (χ4v) is 3.17. The summed E-state index contributed by atoms with van der Waals surface area (Å²) in [6.45, 7) is 0.432. The summed E-state index contributed by atoms with van der Waals surface area (Å²) in [5.41, 5.74) is 2.57. The van der Waals surface area contributed by atoms with E-state index >= 15 is 0 Å². The van der Waals surface area contributed by atoms with Gasteiger partial charge in [0, 0.05) is 11.4 Å².